The Balaban J connectivity index is 1.74. The van der Waals surface area contributed by atoms with Crippen molar-refractivity contribution in [3.63, 3.8) is 0 Å². The molecule has 2 heterocycles. The monoisotopic (exact) mass is 376 g/mol. The van der Waals surface area contributed by atoms with E-state index in [2.05, 4.69) is 29.2 Å². The van der Waals surface area contributed by atoms with Crippen molar-refractivity contribution >= 4 is 0 Å². The Labute approximate surface area is 164 Å². The number of ether oxygens (including phenoxy) is 1. The lowest BCUT2D eigenvalue weighted by Gasteiger charge is -2.25. The molecule has 1 aliphatic heterocycles. The first-order chi connectivity index (χ1) is 13.5. The van der Waals surface area contributed by atoms with Gasteiger partial charge in [0.2, 0.25) is 0 Å². The number of fused-ring (bicyclic) bond motifs is 1. The Morgan fingerprint density at radius 1 is 1.39 bits per heavy atom. The SMILES string of the molecule is C=C/C(=C\C(=C)OC)Cn1[nH]c2c(c1=O)CN(Cc1ccc(C#N)cc1)CC2. The Hall–Kier alpha value is -3.30. The predicted molar refractivity (Wildman–Crippen MR) is 108 cm³/mol. The minimum atomic E-state index is -0.00434. The summed E-state index contributed by atoms with van der Waals surface area (Å²) in [4.78, 5) is 15.1. The van der Waals surface area contributed by atoms with E-state index in [9.17, 15) is 4.79 Å². The van der Waals surface area contributed by atoms with Gasteiger partial charge in [0, 0.05) is 31.7 Å². The molecule has 0 aliphatic carbocycles. The van der Waals surface area contributed by atoms with Gasteiger partial charge in [0.15, 0.2) is 0 Å². The number of nitriles is 1. The number of nitrogens with zero attached hydrogens (tertiary/aromatic N) is 3. The summed E-state index contributed by atoms with van der Waals surface area (Å²) in [5.74, 6) is 0.521. The number of nitrogens with one attached hydrogen (secondary N) is 1. The quantitative estimate of drug-likeness (QED) is 0.596. The third kappa shape index (κ3) is 4.33. The molecule has 0 radical (unpaired) electrons. The summed E-state index contributed by atoms with van der Waals surface area (Å²) < 4.78 is 6.69. The molecule has 0 amide bonds. The molecule has 6 heteroatoms. The van der Waals surface area contributed by atoms with Crippen LogP contribution in [0.3, 0.4) is 0 Å². The van der Waals surface area contributed by atoms with Gasteiger partial charge in [-0.2, -0.15) is 5.26 Å². The zero-order valence-corrected chi connectivity index (χ0v) is 16.1. The van der Waals surface area contributed by atoms with Crippen molar-refractivity contribution in [3.8, 4) is 6.07 Å². The highest BCUT2D eigenvalue weighted by Crippen LogP contribution is 2.17. The maximum Gasteiger partial charge on any atom is 0.271 e. The number of hydrogen-bond acceptors (Lipinski definition) is 4. The number of aromatic amines is 1. The number of rotatable bonds is 7. The average molecular weight is 376 g/mol. The highest BCUT2D eigenvalue weighted by atomic mass is 16.5. The fourth-order valence-corrected chi connectivity index (χ4v) is 3.32. The van der Waals surface area contributed by atoms with Crippen LogP contribution in [0.4, 0.5) is 0 Å². The van der Waals surface area contributed by atoms with Crippen LogP contribution in [0.25, 0.3) is 0 Å². The van der Waals surface area contributed by atoms with Gasteiger partial charge in [-0.15, -0.1) is 0 Å². The summed E-state index contributed by atoms with van der Waals surface area (Å²) in [6, 6.07) is 9.71. The number of methoxy groups -OCH3 is 1. The Morgan fingerprint density at radius 3 is 2.79 bits per heavy atom. The third-order valence-electron chi connectivity index (χ3n) is 4.90. The smallest absolute Gasteiger partial charge is 0.271 e. The molecule has 1 aliphatic rings. The molecule has 6 nitrogen and oxygen atoms in total. The molecule has 1 N–H and O–H groups in total. The second-order valence-corrected chi connectivity index (χ2v) is 6.82. The Kier molecular flexibility index (Phi) is 5.97. The lowest BCUT2D eigenvalue weighted by atomic mass is 10.1. The zero-order valence-electron chi connectivity index (χ0n) is 16.1. The van der Waals surface area contributed by atoms with E-state index in [1.807, 2.05) is 24.3 Å². The first-order valence-electron chi connectivity index (χ1n) is 9.12. The van der Waals surface area contributed by atoms with Crippen LogP contribution in [-0.4, -0.2) is 28.3 Å². The van der Waals surface area contributed by atoms with E-state index < -0.39 is 0 Å². The molecule has 144 valence electrons. The topological polar surface area (TPSA) is 74.0 Å². The Morgan fingerprint density at radius 2 is 2.14 bits per heavy atom. The van der Waals surface area contributed by atoms with E-state index in [0.29, 0.717) is 24.4 Å². The van der Waals surface area contributed by atoms with Crippen molar-refractivity contribution in [1.82, 2.24) is 14.7 Å². The molecule has 3 rings (SSSR count). The summed E-state index contributed by atoms with van der Waals surface area (Å²) in [5, 5.41) is 12.2. The summed E-state index contributed by atoms with van der Waals surface area (Å²) >= 11 is 0. The largest absolute Gasteiger partial charge is 0.497 e. The molecule has 0 saturated heterocycles. The molecule has 1 aromatic carbocycles. The zero-order chi connectivity index (χ0) is 20.1. The molecule has 0 spiro atoms. The van der Waals surface area contributed by atoms with Crippen LogP contribution in [-0.2, 0) is 30.8 Å². The van der Waals surface area contributed by atoms with Crippen molar-refractivity contribution in [2.75, 3.05) is 13.7 Å². The van der Waals surface area contributed by atoms with Gasteiger partial charge in [-0.25, -0.2) is 4.68 Å². The molecule has 1 aromatic heterocycles. The van der Waals surface area contributed by atoms with E-state index in [-0.39, 0.29) is 5.56 Å². The van der Waals surface area contributed by atoms with Crippen LogP contribution in [0.2, 0.25) is 0 Å². The average Bonchev–Trinajstić information content (AvgIpc) is 3.03. The van der Waals surface area contributed by atoms with Gasteiger partial charge in [-0.05, 0) is 29.3 Å². The minimum absolute atomic E-state index is 0.00434. The second-order valence-electron chi connectivity index (χ2n) is 6.82. The molecule has 0 bridgehead atoms. The van der Waals surface area contributed by atoms with Crippen molar-refractivity contribution < 1.29 is 4.74 Å². The maximum atomic E-state index is 12.9. The minimum Gasteiger partial charge on any atom is -0.497 e. The fraction of sp³-hybridized carbons (Fsp3) is 0.273. The number of allylic oxidation sites excluding steroid dienone is 3. The van der Waals surface area contributed by atoms with Crippen LogP contribution >= 0.6 is 0 Å². The third-order valence-corrected chi connectivity index (χ3v) is 4.90. The van der Waals surface area contributed by atoms with Gasteiger partial charge >= 0.3 is 0 Å². The summed E-state index contributed by atoms with van der Waals surface area (Å²) in [6.45, 7) is 10.2. The predicted octanol–water partition coefficient (Wildman–Crippen LogP) is 2.88. The fourth-order valence-electron chi connectivity index (χ4n) is 3.32. The normalized spacial score (nSPS) is 14.2. The molecule has 2 aromatic rings. The highest BCUT2D eigenvalue weighted by Gasteiger charge is 2.22. The van der Waals surface area contributed by atoms with Crippen LogP contribution in [0, 0.1) is 11.3 Å². The lowest BCUT2D eigenvalue weighted by Crippen LogP contribution is -2.32. The van der Waals surface area contributed by atoms with E-state index in [4.69, 9.17) is 10.00 Å². The van der Waals surface area contributed by atoms with Crippen LogP contribution in [0.1, 0.15) is 22.4 Å². The number of aromatic nitrogens is 2. The molecular weight excluding hydrogens is 352 g/mol. The number of H-pyrrole nitrogens is 1. The summed E-state index contributed by atoms with van der Waals surface area (Å²) in [7, 11) is 1.56. The Bertz CT molecular complexity index is 1000. The number of benzene rings is 1. The molecule has 0 atom stereocenters. The molecule has 28 heavy (non-hydrogen) atoms. The van der Waals surface area contributed by atoms with Crippen molar-refractivity contribution in [2.45, 2.75) is 26.1 Å². The molecular formula is C22H24N4O2. The second kappa shape index (κ2) is 8.59. The highest BCUT2D eigenvalue weighted by molar-refractivity contribution is 5.32. The summed E-state index contributed by atoms with van der Waals surface area (Å²) in [6.07, 6.45) is 4.27. The first kappa shape index (κ1) is 19.5. The van der Waals surface area contributed by atoms with Crippen molar-refractivity contribution in [2.24, 2.45) is 0 Å². The van der Waals surface area contributed by atoms with Gasteiger partial charge in [0.25, 0.3) is 5.56 Å². The van der Waals surface area contributed by atoms with E-state index in [1.165, 1.54) is 0 Å². The van der Waals surface area contributed by atoms with Gasteiger partial charge in [0.05, 0.1) is 30.9 Å². The van der Waals surface area contributed by atoms with Crippen LogP contribution in [0.15, 0.2) is 65.7 Å². The molecule has 0 unspecified atom stereocenters. The van der Waals surface area contributed by atoms with Gasteiger partial charge in [0.1, 0.15) is 5.76 Å². The van der Waals surface area contributed by atoms with Crippen LogP contribution in [0.5, 0.6) is 0 Å². The lowest BCUT2D eigenvalue weighted by molar-refractivity contribution is 0.244. The standard InChI is InChI=1S/C22H24N4O2/c1-4-17(11-16(2)28-3)14-26-22(27)20-15-25(10-9-21(20)24-26)13-19-7-5-18(12-23)6-8-19/h4-8,11,24H,1-2,9-10,13-15H2,3H3/b17-11+. The molecule has 0 saturated carbocycles. The number of hydrogen-bond donors (Lipinski definition) is 1. The molecule has 0 fully saturated rings. The maximum absolute atomic E-state index is 12.9. The van der Waals surface area contributed by atoms with E-state index in [0.717, 1.165) is 41.9 Å². The van der Waals surface area contributed by atoms with Crippen molar-refractivity contribution in [1.29, 1.82) is 5.26 Å². The van der Waals surface area contributed by atoms with E-state index in [1.54, 1.807) is 23.9 Å². The van der Waals surface area contributed by atoms with Gasteiger partial charge < -0.3 is 4.74 Å². The van der Waals surface area contributed by atoms with Gasteiger partial charge in [-0.3, -0.25) is 14.8 Å². The van der Waals surface area contributed by atoms with E-state index >= 15 is 0 Å². The van der Waals surface area contributed by atoms with Crippen molar-refractivity contribution in [3.05, 3.63) is 93.6 Å². The van der Waals surface area contributed by atoms with Crippen LogP contribution < -0.4 is 5.56 Å². The van der Waals surface area contributed by atoms with Gasteiger partial charge in [-0.1, -0.05) is 31.4 Å². The first-order valence-corrected chi connectivity index (χ1v) is 9.12. The summed E-state index contributed by atoms with van der Waals surface area (Å²) in [5.41, 5.74) is 4.44.